The Morgan fingerprint density at radius 1 is 1.15 bits per heavy atom. The molecule has 1 amide bonds. The van der Waals surface area contributed by atoms with Gasteiger partial charge in [-0.15, -0.1) is 0 Å². The van der Waals surface area contributed by atoms with E-state index in [2.05, 4.69) is 10.1 Å². The van der Waals surface area contributed by atoms with Gasteiger partial charge in [0.25, 0.3) is 5.91 Å². The van der Waals surface area contributed by atoms with Gasteiger partial charge in [-0.1, -0.05) is 24.3 Å². The van der Waals surface area contributed by atoms with Crippen LogP contribution in [0.3, 0.4) is 0 Å². The minimum absolute atomic E-state index is 0.0583. The standard InChI is InChI=1S/C18H16F3NO4/c1-26-17(25)15(22-16(24)12-6-4-7-13(23)9-12)10-11-5-2-3-8-14(11)18(19,20)21/h2-9,15,23H,10H2,1H3,(H,22,24)/t15-/m0/s1. The SMILES string of the molecule is COC(=O)[C@H](Cc1ccccc1C(F)(F)F)NC(=O)c1cccc(O)c1. The van der Waals surface area contributed by atoms with Crippen LogP contribution in [0.4, 0.5) is 13.2 Å². The van der Waals surface area contributed by atoms with Crippen LogP contribution in [0.1, 0.15) is 21.5 Å². The Balaban J connectivity index is 2.27. The lowest BCUT2D eigenvalue weighted by molar-refractivity contribution is -0.144. The molecule has 2 rings (SSSR count). The van der Waals surface area contributed by atoms with Gasteiger partial charge in [0.05, 0.1) is 12.7 Å². The maximum absolute atomic E-state index is 13.1. The summed E-state index contributed by atoms with van der Waals surface area (Å²) in [6.45, 7) is 0. The first kappa shape index (κ1) is 19.3. The molecular formula is C18H16F3NO4. The van der Waals surface area contributed by atoms with Crippen molar-refractivity contribution in [2.75, 3.05) is 7.11 Å². The van der Waals surface area contributed by atoms with Gasteiger partial charge in [0.1, 0.15) is 11.8 Å². The first-order valence-electron chi connectivity index (χ1n) is 7.55. The zero-order chi connectivity index (χ0) is 19.3. The van der Waals surface area contributed by atoms with E-state index >= 15 is 0 Å². The lowest BCUT2D eigenvalue weighted by atomic mass is 9.99. The van der Waals surface area contributed by atoms with Gasteiger partial charge >= 0.3 is 12.1 Å². The fourth-order valence-corrected chi connectivity index (χ4v) is 2.42. The number of hydrogen-bond donors (Lipinski definition) is 2. The number of nitrogens with one attached hydrogen (secondary N) is 1. The van der Waals surface area contributed by atoms with Gasteiger partial charge in [0, 0.05) is 12.0 Å². The lowest BCUT2D eigenvalue weighted by Crippen LogP contribution is -2.43. The average Bonchev–Trinajstić information content (AvgIpc) is 2.60. The maximum atomic E-state index is 13.1. The van der Waals surface area contributed by atoms with Crippen molar-refractivity contribution < 1.29 is 32.6 Å². The number of alkyl halides is 3. The predicted octanol–water partition coefficient (Wildman–Crippen LogP) is 2.93. The Morgan fingerprint density at radius 3 is 2.46 bits per heavy atom. The first-order chi connectivity index (χ1) is 12.2. The molecule has 5 nitrogen and oxygen atoms in total. The van der Waals surface area contributed by atoms with E-state index in [0.29, 0.717) is 0 Å². The van der Waals surface area contributed by atoms with Crippen LogP contribution < -0.4 is 5.32 Å². The summed E-state index contributed by atoms with van der Waals surface area (Å²) in [6, 6.07) is 8.82. The summed E-state index contributed by atoms with van der Waals surface area (Å²) in [5.74, 6) is -1.76. The molecule has 26 heavy (non-hydrogen) atoms. The van der Waals surface area contributed by atoms with Crippen molar-refractivity contribution in [2.24, 2.45) is 0 Å². The molecule has 0 aliphatic carbocycles. The van der Waals surface area contributed by atoms with Crippen LogP contribution in [0.5, 0.6) is 5.75 Å². The van der Waals surface area contributed by atoms with Gasteiger partial charge in [-0.3, -0.25) is 4.79 Å². The van der Waals surface area contributed by atoms with Crippen molar-refractivity contribution in [2.45, 2.75) is 18.6 Å². The van der Waals surface area contributed by atoms with Crippen molar-refractivity contribution in [3.05, 3.63) is 65.2 Å². The van der Waals surface area contributed by atoms with Gasteiger partial charge in [-0.25, -0.2) is 4.79 Å². The third-order valence-corrected chi connectivity index (χ3v) is 3.65. The number of aromatic hydroxyl groups is 1. The summed E-state index contributed by atoms with van der Waals surface area (Å²) in [4.78, 5) is 24.2. The second kappa shape index (κ2) is 7.90. The zero-order valence-electron chi connectivity index (χ0n) is 13.7. The highest BCUT2D eigenvalue weighted by molar-refractivity contribution is 5.97. The molecule has 0 bridgehead atoms. The van der Waals surface area contributed by atoms with Crippen molar-refractivity contribution >= 4 is 11.9 Å². The normalized spacial score (nSPS) is 12.3. The molecule has 138 valence electrons. The molecule has 0 aliphatic rings. The van der Waals surface area contributed by atoms with Crippen molar-refractivity contribution in [1.29, 1.82) is 0 Å². The van der Waals surface area contributed by atoms with E-state index in [4.69, 9.17) is 0 Å². The summed E-state index contributed by atoms with van der Waals surface area (Å²) in [7, 11) is 1.07. The van der Waals surface area contributed by atoms with Gasteiger partial charge in [-0.05, 0) is 29.8 Å². The fraction of sp³-hybridized carbons (Fsp3) is 0.222. The molecule has 2 aromatic carbocycles. The monoisotopic (exact) mass is 367 g/mol. The molecular weight excluding hydrogens is 351 g/mol. The Morgan fingerprint density at radius 2 is 1.85 bits per heavy atom. The number of phenols is 1. The van der Waals surface area contributed by atoms with Gasteiger partial charge in [0.2, 0.25) is 0 Å². The number of ether oxygens (including phenoxy) is 1. The topological polar surface area (TPSA) is 75.6 Å². The van der Waals surface area contributed by atoms with Crippen LogP contribution in [-0.4, -0.2) is 30.1 Å². The van der Waals surface area contributed by atoms with Crippen LogP contribution in [0.15, 0.2) is 48.5 Å². The molecule has 0 spiro atoms. The number of halogens is 3. The lowest BCUT2D eigenvalue weighted by Gasteiger charge is -2.19. The minimum Gasteiger partial charge on any atom is -0.508 e. The number of rotatable bonds is 5. The van der Waals surface area contributed by atoms with Crippen molar-refractivity contribution in [3.63, 3.8) is 0 Å². The molecule has 0 aromatic heterocycles. The van der Waals surface area contributed by atoms with E-state index in [0.717, 1.165) is 13.2 Å². The maximum Gasteiger partial charge on any atom is 0.416 e. The largest absolute Gasteiger partial charge is 0.508 e. The molecule has 0 aliphatic heterocycles. The van der Waals surface area contributed by atoms with E-state index in [-0.39, 0.29) is 16.9 Å². The quantitative estimate of drug-likeness (QED) is 0.797. The zero-order valence-corrected chi connectivity index (χ0v) is 13.7. The summed E-state index contributed by atoms with van der Waals surface area (Å²) >= 11 is 0. The molecule has 0 saturated carbocycles. The number of hydrogen-bond acceptors (Lipinski definition) is 4. The first-order valence-corrected chi connectivity index (χ1v) is 7.55. The average molecular weight is 367 g/mol. The number of carbonyl (C=O) groups is 2. The van der Waals surface area contributed by atoms with Gasteiger partial charge in [0.15, 0.2) is 0 Å². The highest BCUT2D eigenvalue weighted by Crippen LogP contribution is 2.32. The van der Waals surface area contributed by atoms with Gasteiger partial charge in [-0.2, -0.15) is 13.2 Å². The van der Waals surface area contributed by atoms with Gasteiger partial charge < -0.3 is 15.2 Å². The fourth-order valence-electron chi connectivity index (χ4n) is 2.42. The second-order valence-corrected chi connectivity index (χ2v) is 5.46. The molecule has 8 heteroatoms. The van der Waals surface area contributed by atoms with Crippen LogP contribution in [0.25, 0.3) is 0 Å². The summed E-state index contributed by atoms with van der Waals surface area (Å²) in [5, 5.41) is 11.8. The molecule has 0 saturated heterocycles. The third-order valence-electron chi connectivity index (χ3n) is 3.65. The Hall–Kier alpha value is -3.03. The van der Waals surface area contributed by atoms with Crippen LogP contribution in [0, 0.1) is 0 Å². The number of benzene rings is 2. The van der Waals surface area contributed by atoms with Crippen LogP contribution >= 0.6 is 0 Å². The highest BCUT2D eigenvalue weighted by Gasteiger charge is 2.34. The third kappa shape index (κ3) is 4.75. The van der Waals surface area contributed by atoms with E-state index in [9.17, 15) is 27.9 Å². The summed E-state index contributed by atoms with van der Waals surface area (Å²) in [5.41, 5.74) is -0.977. The molecule has 0 unspecified atom stereocenters. The van der Waals surface area contributed by atoms with Crippen molar-refractivity contribution in [1.82, 2.24) is 5.32 Å². The second-order valence-electron chi connectivity index (χ2n) is 5.46. The molecule has 0 radical (unpaired) electrons. The highest BCUT2D eigenvalue weighted by atomic mass is 19.4. The Kier molecular flexibility index (Phi) is 5.86. The Labute approximate surface area is 147 Å². The van der Waals surface area contributed by atoms with Crippen molar-refractivity contribution in [3.8, 4) is 5.75 Å². The summed E-state index contributed by atoms with van der Waals surface area (Å²) in [6.07, 6.45) is -4.99. The number of carbonyl (C=O) groups excluding carboxylic acids is 2. The molecule has 1 atom stereocenters. The van der Waals surface area contributed by atoms with Crippen LogP contribution in [-0.2, 0) is 22.1 Å². The molecule has 0 heterocycles. The van der Waals surface area contributed by atoms with E-state index in [1.807, 2.05) is 0 Å². The van der Waals surface area contributed by atoms with E-state index in [1.54, 1.807) is 0 Å². The molecule has 2 N–H and O–H groups in total. The number of amides is 1. The van der Waals surface area contributed by atoms with Crippen LogP contribution in [0.2, 0.25) is 0 Å². The number of esters is 1. The molecule has 0 fully saturated rings. The molecule has 2 aromatic rings. The van der Waals surface area contributed by atoms with E-state index < -0.39 is 36.1 Å². The van der Waals surface area contributed by atoms with E-state index in [1.165, 1.54) is 42.5 Å². The Bertz CT molecular complexity index is 805. The summed E-state index contributed by atoms with van der Waals surface area (Å²) < 4.78 is 44.0. The predicted molar refractivity (Wildman–Crippen MR) is 86.5 cm³/mol. The number of phenolic OH excluding ortho intramolecular Hbond substituents is 1. The smallest absolute Gasteiger partial charge is 0.416 e. The minimum atomic E-state index is -4.59. The number of methoxy groups -OCH3 is 1.